The molecule has 0 saturated carbocycles. The molecule has 0 spiro atoms. The molecule has 0 atom stereocenters. The Morgan fingerprint density at radius 2 is 1.09 bits per heavy atom. The molecule has 9 rings (SSSR count). The maximum absolute atomic E-state index is 9.56. The molecule has 210 valence electrons. The van der Waals surface area contributed by atoms with E-state index < -0.39 is 0 Å². The van der Waals surface area contributed by atoms with Crippen molar-refractivity contribution >= 4 is 43.2 Å². The van der Waals surface area contributed by atoms with E-state index in [4.69, 9.17) is 4.98 Å². The van der Waals surface area contributed by atoms with Crippen molar-refractivity contribution in [2.75, 3.05) is 0 Å². The molecule has 2 heteroatoms. The van der Waals surface area contributed by atoms with Crippen LogP contribution in [-0.2, 0) is 5.41 Å². The Balaban J connectivity index is 1.33. The first-order valence-electron chi connectivity index (χ1n) is 15.5. The van der Waals surface area contributed by atoms with Crippen LogP contribution in [0.1, 0.15) is 30.5 Å². The summed E-state index contributed by atoms with van der Waals surface area (Å²) in [4.78, 5) is 5.48. The van der Waals surface area contributed by atoms with E-state index in [2.05, 4.69) is 147 Å². The summed E-state index contributed by atoms with van der Waals surface area (Å²) >= 11 is 0. The third-order valence-corrected chi connectivity index (χ3v) is 9.86. The smallest absolute Gasteiger partial charge is 0.0991 e. The van der Waals surface area contributed by atoms with Crippen LogP contribution >= 0.6 is 0 Å². The fourth-order valence-corrected chi connectivity index (χ4v) is 7.62. The highest BCUT2D eigenvalue weighted by atomic mass is 14.7. The summed E-state index contributed by atoms with van der Waals surface area (Å²) in [6, 6.07) is 50.1. The molecule has 0 radical (unpaired) electrons. The van der Waals surface area contributed by atoms with Gasteiger partial charge in [0.2, 0.25) is 0 Å². The van der Waals surface area contributed by atoms with Crippen molar-refractivity contribution in [3.63, 3.8) is 0 Å². The maximum Gasteiger partial charge on any atom is 0.0991 e. The molecule has 0 bridgehead atoms. The summed E-state index contributed by atoms with van der Waals surface area (Å²) in [6.45, 7) is 4.53. The van der Waals surface area contributed by atoms with Crippen LogP contribution in [0.3, 0.4) is 0 Å². The molecule has 0 amide bonds. The molecule has 1 heterocycles. The third kappa shape index (κ3) is 3.65. The number of nitriles is 1. The zero-order valence-electron chi connectivity index (χ0n) is 25.1. The predicted molar refractivity (Wildman–Crippen MR) is 187 cm³/mol. The van der Waals surface area contributed by atoms with E-state index in [0.29, 0.717) is 5.56 Å². The first kappa shape index (κ1) is 25.7. The van der Waals surface area contributed by atoms with Crippen LogP contribution in [-0.4, -0.2) is 4.98 Å². The van der Waals surface area contributed by atoms with Gasteiger partial charge in [0.25, 0.3) is 0 Å². The maximum atomic E-state index is 9.56. The highest BCUT2D eigenvalue weighted by molar-refractivity contribution is 6.31. The standard InChI is InChI=1S/C43H28N2/c1-43(2)38-22-26(25-44)16-19-32(38)33-20-17-29(24-39(33)43)28-18-21-35-37(23-28)41(27-10-4-3-5-11-27)45-42-36-15-9-7-13-31(36)30-12-6-8-14-34(30)40(35)42/h3-24H,1-2H3. The van der Waals surface area contributed by atoms with Crippen LogP contribution < -0.4 is 0 Å². The number of hydrogen-bond acceptors (Lipinski definition) is 2. The molecule has 0 saturated heterocycles. The van der Waals surface area contributed by atoms with Crippen molar-refractivity contribution in [2.45, 2.75) is 19.3 Å². The molecule has 2 nitrogen and oxygen atoms in total. The van der Waals surface area contributed by atoms with Gasteiger partial charge in [0.05, 0.1) is 22.8 Å². The van der Waals surface area contributed by atoms with Crippen molar-refractivity contribution in [3.05, 3.63) is 150 Å². The Morgan fingerprint density at radius 1 is 0.511 bits per heavy atom. The second kappa shape index (κ2) is 9.36. The van der Waals surface area contributed by atoms with Crippen LogP contribution in [0.4, 0.5) is 0 Å². The Hall–Kier alpha value is -5.78. The quantitative estimate of drug-likeness (QED) is 0.193. The molecule has 45 heavy (non-hydrogen) atoms. The molecule has 0 aliphatic heterocycles. The number of aromatic nitrogens is 1. The molecule has 1 aliphatic rings. The topological polar surface area (TPSA) is 36.7 Å². The van der Waals surface area contributed by atoms with Crippen molar-refractivity contribution in [1.82, 2.24) is 4.98 Å². The Bertz CT molecular complexity index is 2570. The van der Waals surface area contributed by atoms with Crippen molar-refractivity contribution in [1.29, 1.82) is 5.26 Å². The molecule has 0 fully saturated rings. The molecule has 0 unspecified atom stereocenters. The van der Waals surface area contributed by atoms with E-state index in [1.807, 2.05) is 6.07 Å². The lowest BCUT2D eigenvalue weighted by atomic mass is 9.81. The van der Waals surface area contributed by atoms with Crippen LogP contribution in [0.5, 0.6) is 0 Å². The van der Waals surface area contributed by atoms with E-state index in [9.17, 15) is 5.26 Å². The molecule has 1 aromatic heterocycles. The van der Waals surface area contributed by atoms with Gasteiger partial charge in [-0.2, -0.15) is 5.26 Å². The summed E-state index contributed by atoms with van der Waals surface area (Å²) in [5, 5.41) is 18.0. The van der Waals surface area contributed by atoms with Gasteiger partial charge in [0.15, 0.2) is 0 Å². The van der Waals surface area contributed by atoms with E-state index in [1.54, 1.807) is 0 Å². The van der Waals surface area contributed by atoms with Crippen molar-refractivity contribution in [3.8, 4) is 39.6 Å². The number of nitrogens with zero attached hydrogens (tertiary/aromatic N) is 2. The first-order chi connectivity index (χ1) is 22.0. The van der Waals surface area contributed by atoms with Gasteiger partial charge in [-0.15, -0.1) is 0 Å². The molecule has 0 N–H and O–H groups in total. The highest BCUT2D eigenvalue weighted by Gasteiger charge is 2.35. The number of fused-ring (bicyclic) bond motifs is 11. The fourth-order valence-electron chi connectivity index (χ4n) is 7.62. The Morgan fingerprint density at radius 3 is 1.84 bits per heavy atom. The second-order valence-corrected chi connectivity index (χ2v) is 12.7. The largest absolute Gasteiger partial charge is 0.246 e. The summed E-state index contributed by atoms with van der Waals surface area (Å²) in [6.07, 6.45) is 0. The van der Waals surface area contributed by atoms with Gasteiger partial charge in [-0.3, -0.25) is 0 Å². The molecule has 1 aliphatic carbocycles. The third-order valence-electron chi connectivity index (χ3n) is 9.86. The SMILES string of the molecule is CC1(C)c2cc(C#N)ccc2-c2ccc(-c3ccc4c(c3)c(-c3ccccc3)nc3c5ccccc5c5ccccc5c43)cc21. The average Bonchev–Trinajstić information content (AvgIpc) is 3.32. The Kier molecular flexibility index (Phi) is 5.34. The number of pyridine rings is 1. The molecule has 8 aromatic rings. The second-order valence-electron chi connectivity index (χ2n) is 12.7. The average molecular weight is 573 g/mol. The number of benzene rings is 7. The number of hydrogen-bond donors (Lipinski definition) is 0. The lowest BCUT2D eigenvalue weighted by molar-refractivity contribution is 0.660. The molecular formula is C43H28N2. The summed E-state index contributed by atoms with van der Waals surface area (Å²) < 4.78 is 0. The van der Waals surface area contributed by atoms with Gasteiger partial charge in [-0.1, -0.05) is 123 Å². The first-order valence-corrected chi connectivity index (χ1v) is 15.5. The summed E-state index contributed by atoms with van der Waals surface area (Å²) in [5.41, 5.74) is 11.0. The summed E-state index contributed by atoms with van der Waals surface area (Å²) in [7, 11) is 0. The van der Waals surface area contributed by atoms with Gasteiger partial charge >= 0.3 is 0 Å². The number of rotatable bonds is 2. The minimum atomic E-state index is -0.197. The van der Waals surface area contributed by atoms with Crippen LogP contribution in [0.25, 0.3) is 76.7 Å². The normalized spacial score (nSPS) is 13.3. The van der Waals surface area contributed by atoms with E-state index in [-0.39, 0.29) is 5.41 Å². The molecular weight excluding hydrogens is 544 g/mol. The van der Waals surface area contributed by atoms with Crippen LogP contribution in [0.2, 0.25) is 0 Å². The minimum Gasteiger partial charge on any atom is -0.246 e. The lowest BCUT2D eigenvalue weighted by Gasteiger charge is -2.22. The zero-order valence-corrected chi connectivity index (χ0v) is 25.1. The van der Waals surface area contributed by atoms with Gasteiger partial charge in [-0.25, -0.2) is 4.98 Å². The monoisotopic (exact) mass is 572 g/mol. The van der Waals surface area contributed by atoms with Crippen molar-refractivity contribution in [2.24, 2.45) is 0 Å². The highest BCUT2D eigenvalue weighted by Crippen LogP contribution is 2.50. The minimum absolute atomic E-state index is 0.197. The van der Waals surface area contributed by atoms with Gasteiger partial charge in [-0.05, 0) is 79.2 Å². The van der Waals surface area contributed by atoms with E-state index in [0.717, 1.165) is 27.7 Å². The van der Waals surface area contributed by atoms with Crippen LogP contribution in [0, 0.1) is 11.3 Å². The summed E-state index contributed by atoms with van der Waals surface area (Å²) in [5.74, 6) is 0. The lowest BCUT2D eigenvalue weighted by Crippen LogP contribution is -2.15. The zero-order chi connectivity index (χ0) is 30.3. The van der Waals surface area contributed by atoms with Crippen LogP contribution in [0.15, 0.2) is 133 Å². The van der Waals surface area contributed by atoms with Crippen molar-refractivity contribution < 1.29 is 0 Å². The van der Waals surface area contributed by atoms with Gasteiger partial charge in [0.1, 0.15) is 0 Å². The van der Waals surface area contributed by atoms with E-state index >= 15 is 0 Å². The predicted octanol–water partition coefficient (Wildman–Crippen LogP) is 11.2. The fraction of sp³-hybridized carbons (Fsp3) is 0.0698. The van der Waals surface area contributed by atoms with Gasteiger partial charge < -0.3 is 0 Å². The molecule has 7 aromatic carbocycles. The van der Waals surface area contributed by atoms with E-state index in [1.165, 1.54) is 60.1 Å². The van der Waals surface area contributed by atoms with Gasteiger partial charge in [0, 0.05) is 27.1 Å². The Labute approximate surface area is 261 Å².